The number of hydrogen-bond donors (Lipinski definition) is 2. The minimum Gasteiger partial charge on any atom is -0.384 e. The number of benzene rings is 1. The van der Waals surface area contributed by atoms with Crippen LogP contribution in [0.2, 0.25) is 5.02 Å². The van der Waals surface area contributed by atoms with Gasteiger partial charge in [0, 0.05) is 19.1 Å². The molecule has 0 radical (unpaired) electrons. The van der Waals surface area contributed by atoms with E-state index in [1.165, 1.54) is 12.1 Å². The molecule has 22 heavy (non-hydrogen) atoms. The van der Waals surface area contributed by atoms with Crippen molar-refractivity contribution in [3.05, 3.63) is 34.1 Å². The molecule has 1 fully saturated rings. The van der Waals surface area contributed by atoms with Gasteiger partial charge < -0.3 is 15.4 Å². The molecule has 1 aromatic carbocycles. The van der Waals surface area contributed by atoms with Crippen LogP contribution in [-0.2, 0) is 4.74 Å². The predicted octanol–water partition coefficient (Wildman–Crippen LogP) is 2.53. The quantitative estimate of drug-likeness (QED) is 0.873. The Morgan fingerprint density at radius 3 is 2.77 bits per heavy atom. The number of aryl methyl sites for hydroxylation is 1. The highest BCUT2D eigenvalue weighted by atomic mass is 35.5. The molecule has 1 aliphatic rings. The first-order valence-electron chi connectivity index (χ1n) is 7.41. The van der Waals surface area contributed by atoms with Gasteiger partial charge in [-0.2, -0.15) is 0 Å². The van der Waals surface area contributed by atoms with E-state index in [9.17, 15) is 9.18 Å². The molecular weight excluding hydrogens is 307 g/mol. The van der Waals surface area contributed by atoms with Gasteiger partial charge in [0.05, 0.1) is 17.2 Å². The summed E-state index contributed by atoms with van der Waals surface area (Å²) in [7, 11) is 1.67. The summed E-state index contributed by atoms with van der Waals surface area (Å²) in [5, 5.41) is 6.37. The third kappa shape index (κ3) is 3.97. The van der Waals surface area contributed by atoms with Gasteiger partial charge in [-0.05, 0) is 50.6 Å². The number of carbonyl (C=O) groups excluding carboxylic acids is 1. The summed E-state index contributed by atoms with van der Waals surface area (Å²) in [5.41, 5.74) is 0.655. The van der Waals surface area contributed by atoms with Crippen LogP contribution in [0, 0.1) is 18.2 Å². The minimum atomic E-state index is -0.407. The number of piperidine rings is 1. The topological polar surface area (TPSA) is 50.4 Å². The Morgan fingerprint density at radius 2 is 2.14 bits per heavy atom. The average molecular weight is 329 g/mol. The first-order chi connectivity index (χ1) is 10.5. The molecule has 2 N–H and O–H groups in total. The highest BCUT2D eigenvalue weighted by molar-refractivity contribution is 6.33. The van der Waals surface area contributed by atoms with Gasteiger partial charge >= 0.3 is 0 Å². The molecule has 0 aliphatic carbocycles. The normalized spacial score (nSPS) is 17.3. The summed E-state index contributed by atoms with van der Waals surface area (Å²) < 4.78 is 18.7. The largest absolute Gasteiger partial charge is 0.384 e. The Bertz CT molecular complexity index is 540. The third-order valence-corrected chi connectivity index (χ3v) is 4.54. The lowest BCUT2D eigenvalue weighted by Gasteiger charge is -2.37. The lowest BCUT2D eigenvalue weighted by molar-refractivity contribution is 0.0512. The number of carbonyl (C=O) groups is 1. The van der Waals surface area contributed by atoms with Crippen LogP contribution in [0.4, 0.5) is 4.39 Å². The van der Waals surface area contributed by atoms with Gasteiger partial charge in [-0.15, -0.1) is 0 Å². The van der Waals surface area contributed by atoms with Crippen LogP contribution in [0.25, 0.3) is 0 Å². The van der Waals surface area contributed by atoms with Gasteiger partial charge in [-0.25, -0.2) is 4.39 Å². The first kappa shape index (κ1) is 17.2. The van der Waals surface area contributed by atoms with E-state index < -0.39 is 5.82 Å². The molecule has 0 unspecified atom stereocenters. The molecule has 122 valence electrons. The minimum absolute atomic E-state index is 0.0583. The number of rotatable bonds is 5. The second kappa shape index (κ2) is 7.40. The van der Waals surface area contributed by atoms with Crippen LogP contribution in [0.3, 0.4) is 0 Å². The maximum atomic E-state index is 13.4. The van der Waals surface area contributed by atoms with Crippen molar-refractivity contribution in [2.75, 3.05) is 33.4 Å². The van der Waals surface area contributed by atoms with E-state index in [2.05, 4.69) is 10.6 Å². The van der Waals surface area contributed by atoms with E-state index in [4.69, 9.17) is 16.3 Å². The fraction of sp³-hybridized carbons (Fsp3) is 0.562. The van der Waals surface area contributed by atoms with E-state index >= 15 is 0 Å². The van der Waals surface area contributed by atoms with Crippen molar-refractivity contribution >= 4 is 17.5 Å². The zero-order valence-corrected chi connectivity index (χ0v) is 13.7. The predicted molar refractivity (Wildman–Crippen MR) is 84.9 cm³/mol. The summed E-state index contributed by atoms with van der Waals surface area (Å²) in [5.74, 6) is -0.683. The van der Waals surface area contributed by atoms with Crippen molar-refractivity contribution in [1.82, 2.24) is 10.6 Å². The van der Waals surface area contributed by atoms with Crippen LogP contribution < -0.4 is 10.6 Å². The fourth-order valence-corrected chi connectivity index (χ4v) is 3.07. The Morgan fingerprint density at radius 1 is 1.45 bits per heavy atom. The number of hydrogen-bond acceptors (Lipinski definition) is 3. The molecule has 0 bridgehead atoms. The van der Waals surface area contributed by atoms with Crippen molar-refractivity contribution < 1.29 is 13.9 Å². The average Bonchev–Trinajstić information content (AvgIpc) is 2.50. The summed E-state index contributed by atoms with van der Waals surface area (Å²) in [4.78, 5) is 12.3. The van der Waals surface area contributed by atoms with Crippen LogP contribution >= 0.6 is 11.6 Å². The fourth-order valence-electron chi connectivity index (χ4n) is 2.83. The second-order valence-electron chi connectivity index (χ2n) is 5.95. The first-order valence-corrected chi connectivity index (χ1v) is 7.79. The molecule has 6 heteroatoms. The van der Waals surface area contributed by atoms with Gasteiger partial charge in [0.15, 0.2) is 0 Å². The number of halogens is 2. The van der Waals surface area contributed by atoms with Gasteiger partial charge in [0.2, 0.25) is 0 Å². The summed E-state index contributed by atoms with van der Waals surface area (Å²) in [6.45, 7) is 4.56. The Kier molecular flexibility index (Phi) is 5.78. The number of amides is 1. The number of methoxy groups -OCH3 is 1. The van der Waals surface area contributed by atoms with Crippen molar-refractivity contribution in [3.63, 3.8) is 0 Å². The third-order valence-electron chi connectivity index (χ3n) is 4.23. The highest BCUT2D eigenvalue weighted by Crippen LogP contribution is 2.28. The van der Waals surface area contributed by atoms with Gasteiger partial charge in [-0.3, -0.25) is 4.79 Å². The van der Waals surface area contributed by atoms with Crippen molar-refractivity contribution in [3.8, 4) is 0 Å². The highest BCUT2D eigenvalue weighted by Gasteiger charge is 2.32. The van der Waals surface area contributed by atoms with E-state index in [1.54, 1.807) is 14.0 Å². The van der Waals surface area contributed by atoms with Crippen molar-refractivity contribution in [2.45, 2.75) is 19.8 Å². The van der Waals surface area contributed by atoms with E-state index in [0.717, 1.165) is 25.9 Å². The van der Waals surface area contributed by atoms with Crippen LogP contribution in [0.15, 0.2) is 12.1 Å². The lowest BCUT2D eigenvalue weighted by Crippen LogP contribution is -2.47. The van der Waals surface area contributed by atoms with E-state index in [0.29, 0.717) is 24.3 Å². The van der Waals surface area contributed by atoms with Gasteiger partial charge in [0.1, 0.15) is 5.82 Å². The Labute approximate surface area is 135 Å². The second-order valence-corrected chi connectivity index (χ2v) is 6.35. The SMILES string of the molecule is COCC1(CNC(=O)c2cc(C)c(F)cc2Cl)CCNCC1. The van der Waals surface area contributed by atoms with Crippen molar-refractivity contribution in [2.24, 2.45) is 5.41 Å². The number of nitrogens with one attached hydrogen (secondary N) is 2. The van der Waals surface area contributed by atoms with Crippen LogP contribution in [0.5, 0.6) is 0 Å². The molecule has 1 amide bonds. The standard InChI is InChI=1S/C16H22ClFN2O2/c1-11-7-12(13(17)8-14(11)18)15(21)20-9-16(10-22-2)3-5-19-6-4-16/h7-8,19H,3-6,9-10H2,1-2H3,(H,20,21). The summed E-state index contributed by atoms with van der Waals surface area (Å²) in [6, 6.07) is 2.67. The summed E-state index contributed by atoms with van der Waals surface area (Å²) in [6.07, 6.45) is 1.88. The van der Waals surface area contributed by atoms with Crippen LogP contribution in [-0.4, -0.2) is 39.3 Å². The van der Waals surface area contributed by atoms with Crippen molar-refractivity contribution in [1.29, 1.82) is 0 Å². The van der Waals surface area contributed by atoms with Gasteiger partial charge in [-0.1, -0.05) is 11.6 Å². The maximum absolute atomic E-state index is 13.4. The van der Waals surface area contributed by atoms with E-state index in [-0.39, 0.29) is 16.3 Å². The number of ether oxygens (including phenoxy) is 1. The Hall–Kier alpha value is -1.17. The van der Waals surface area contributed by atoms with Crippen LogP contribution in [0.1, 0.15) is 28.8 Å². The van der Waals surface area contributed by atoms with Gasteiger partial charge in [0.25, 0.3) is 5.91 Å². The molecule has 0 aromatic heterocycles. The molecule has 1 saturated heterocycles. The molecule has 2 rings (SSSR count). The maximum Gasteiger partial charge on any atom is 0.252 e. The molecule has 1 aliphatic heterocycles. The molecule has 0 spiro atoms. The molecule has 0 atom stereocenters. The zero-order valence-electron chi connectivity index (χ0n) is 13.0. The monoisotopic (exact) mass is 328 g/mol. The molecule has 4 nitrogen and oxygen atoms in total. The van der Waals surface area contributed by atoms with E-state index in [1.807, 2.05) is 0 Å². The molecule has 0 saturated carbocycles. The lowest BCUT2D eigenvalue weighted by atomic mass is 9.79. The Balaban J connectivity index is 2.06. The summed E-state index contributed by atoms with van der Waals surface area (Å²) >= 11 is 5.98. The molecule has 1 heterocycles. The molecule has 1 aromatic rings. The zero-order chi connectivity index (χ0) is 16.2. The smallest absolute Gasteiger partial charge is 0.252 e. The molecular formula is C16H22ClFN2O2.